The van der Waals surface area contributed by atoms with E-state index in [1.807, 2.05) is 13.8 Å². The Hall–Kier alpha value is -0.640. The highest BCUT2D eigenvalue weighted by Crippen LogP contribution is 2.09. The molecule has 0 aromatic rings. The fourth-order valence-electron chi connectivity index (χ4n) is 1.15. The fraction of sp³-hybridized carbons (Fsp3) is 1.00. The summed E-state index contributed by atoms with van der Waals surface area (Å²) >= 11 is 0. The van der Waals surface area contributed by atoms with Crippen molar-refractivity contribution in [3.05, 3.63) is 10.1 Å². The van der Waals surface area contributed by atoms with Crippen LogP contribution in [0.15, 0.2) is 0 Å². The van der Waals surface area contributed by atoms with E-state index >= 15 is 0 Å². The zero-order valence-electron chi connectivity index (χ0n) is 7.24. The SMILES string of the molecule is CC[C@H](OC)[C@H](C)C[N+](=O)[O-]. The van der Waals surface area contributed by atoms with Gasteiger partial charge in [-0.15, -0.1) is 0 Å². The van der Waals surface area contributed by atoms with Crippen LogP contribution in [-0.2, 0) is 4.74 Å². The van der Waals surface area contributed by atoms with E-state index in [1.54, 1.807) is 7.11 Å². The molecule has 0 aromatic carbocycles. The highest BCUT2D eigenvalue weighted by Gasteiger charge is 2.19. The summed E-state index contributed by atoms with van der Waals surface area (Å²) in [5.41, 5.74) is 0. The van der Waals surface area contributed by atoms with Gasteiger partial charge in [-0.3, -0.25) is 10.1 Å². The molecular weight excluding hydrogens is 146 g/mol. The Morgan fingerprint density at radius 3 is 2.45 bits per heavy atom. The Bertz CT molecular complexity index is 123. The summed E-state index contributed by atoms with van der Waals surface area (Å²) in [6.07, 6.45) is 0.839. The van der Waals surface area contributed by atoms with Gasteiger partial charge in [-0.25, -0.2) is 0 Å². The summed E-state index contributed by atoms with van der Waals surface area (Å²) in [6, 6.07) is 0. The quantitative estimate of drug-likeness (QED) is 0.451. The second-order valence-electron chi connectivity index (χ2n) is 2.67. The van der Waals surface area contributed by atoms with Gasteiger partial charge in [0.25, 0.3) is 0 Å². The number of methoxy groups -OCH3 is 1. The van der Waals surface area contributed by atoms with Gasteiger partial charge in [-0.1, -0.05) is 13.8 Å². The molecule has 0 aromatic heterocycles. The average molecular weight is 161 g/mol. The Morgan fingerprint density at radius 2 is 2.18 bits per heavy atom. The van der Waals surface area contributed by atoms with E-state index in [1.165, 1.54) is 0 Å². The van der Waals surface area contributed by atoms with E-state index in [2.05, 4.69) is 0 Å². The number of hydrogen-bond acceptors (Lipinski definition) is 3. The molecule has 0 radical (unpaired) electrons. The van der Waals surface area contributed by atoms with E-state index in [0.29, 0.717) is 0 Å². The van der Waals surface area contributed by atoms with Crippen LogP contribution in [0.25, 0.3) is 0 Å². The highest BCUT2D eigenvalue weighted by atomic mass is 16.6. The van der Waals surface area contributed by atoms with Crippen molar-refractivity contribution in [3.8, 4) is 0 Å². The normalized spacial score (nSPS) is 15.9. The summed E-state index contributed by atoms with van der Waals surface area (Å²) in [7, 11) is 1.59. The van der Waals surface area contributed by atoms with Gasteiger partial charge < -0.3 is 4.74 Å². The topological polar surface area (TPSA) is 52.4 Å². The lowest BCUT2D eigenvalue weighted by atomic mass is 10.0. The van der Waals surface area contributed by atoms with Crippen LogP contribution in [0.4, 0.5) is 0 Å². The van der Waals surface area contributed by atoms with Crippen LogP contribution in [0, 0.1) is 16.0 Å². The van der Waals surface area contributed by atoms with Gasteiger partial charge in [0.05, 0.1) is 6.10 Å². The lowest BCUT2D eigenvalue weighted by Crippen LogP contribution is -2.25. The van der Waals surface area contributed by atoms with Crippen LogP contribution >= 0.6 is 0 Å². The molecule has 2 atom stereocenters. The first-order valence-corrected chi connectivity index (χ1v) is 3.76. The summed E-state index contributed by atoms with van der Waals surface area (Å²) in [5.74, 6) is -0.000000000000000222. The minimum atomic E-state index is -0.299. The monoisotopic (exact) mass is 161 g/mol. The molecule has 0 heterocycles. The van der Waals surface area contributed by atoms with Crippen molar-refractivity contribution in [2.75, 3.05) is 13.7 Å². The fourth-order valence-corrected chi connectivity index (χ4v) is 1.15. The van der Waals surface area contributed by atoms with Crippen LogP contribution in [0.1, 0.15) is 20.3 Å². The molecule has 0 spiro atoms. The summed E-state index contributed by atoms with van der Waals surface area (Å²) in [6.45, 7) is 3.79. The van der Waals surface area contributed by atoms with Crippen LogP contribution in [-0.4, -0.2) is 24.7 Å². The summed E-state index contributed by atoms with van der Waals surface area (Å²) < 4.78 is 5.06. The molecule has 4 nitrogen and oxygen atoms in total. The van der Waals surface area contributed by atoms with Gasteiger partial charge in [0.1, 0.15) is 0 Å². The van der Waals surface area contributed by atoms with Crippen LogP contribution < -0.4 is 0 Å². The first kappa shape index (κ1) is 10.4. The largest absolute Gasteiger partial charge is 0.381 e. The molecule has 66 valence electrons. The highest BCUT2D eigenvalue weighted by molar-refractivity contribution is 4.62. The molecule has 0 rings (SSSR count). The third kappa shape index (κ3) is 3.93. The first-order valence-electron chi connectivity index (χ1n) is 3.76. The molecule has 0 bridgehead atoms. The lowest BCUT2D eigenvalue weighted by molar-refractivity contribution is -0.489. The van der Waals surface area contributed by atoms with E-state index < -0.39 is 0 Å². The number of nitro groups is 1. The Kier molecular flexibility index (Phi) is 4.77. The van der Waals surface area contributed by atoms with E-state index in [0.717, 1.165) is 6.42 Å². The molecule has 0 aliphatic rings. The Morgan fingerprint density at radius 1 is 1.64 bits per heavy atom. The number of ether oxygens (including phenoxy) is 1. The molecule has 11 heavy (non-hydrogen) atoms. The van der Waals surface area contributed by atoms with Crippen LogP contribution in [0.3, 0.4) is 0 Å². The van der Waals surface area contributed by atoms with E-state index in [-0.39, 0.29) is 23.5 Å². The van der Waals surface area contributed by atoms with Crippen LogP contribution in [0.5, 0.6) is 0 Å². The third-order valence-corrected chi connectivity index (χ3v) is 1.78. The Labute approximate surface area is 66.7 Å². The number of rotatable bonds is 5. The molecular formula is C7H15NO3. The van der Waals surface area contributed by atoms with Gasteiger partial charge in [0.2, 0.25) is 6.54 Å². The predicted molar refractivity (Wildman–Crippen MR) is 42.1 cm³/mol. The minimum absolute atomic E-state index is 0.000000000000000222. The molecule has 0 aliphatic carbocycles. The molecule has 0 fully saturated rings. The van der Waals surface area contributed by atoms with Gasteiger partial charge in [0, 0.05) is 18.0 Å². The van der Waals surface area contributed by atoms with Crippen molar-refractivity contribution < 1.29 is 9.66 Å². The van der Waals surface area contributed by atoms with Crippen molar-refractivity contribution in [1.82, 2.24) is 0 Å². The molecule has 0 saturated carbocycles. The molecule has 0 aliphatic heterocycles. The van der Waals surface area contributed by atoms with Gasteiger partial charge in [-0.05, 0) is 6.42 Å². The molecule has 4 heteroatoms. The first-order chi connectivity index (χ1) is 5.11. The summed E-state index contributed by atoms with van der Waals surface area (Å²) in [4.78, 5) is 9.80. The maximum absolute atomic E-state index is 10.1. The van der Waals surface area contributed by atoms with E-state index in [4.69, 9.17) is 4.74 Å². The van der Waals surface area contributed by atoms with Crippen molar-refractivity contribution in [2.45, 2.75) is 26.4 Å². The van der Waals surface area contributed by atoms with Crippen molar-refractivity contribution >= 4 is 0 Å². The van der Waals surface area contributed by atoms with Crippen molar-refractivity contribution in [1.29, 1.82) is 0 Å². The second kappa shape index (κ2) is 5.07. The number of nitrogens with zero attached hydrogens (tertiary/aromatic N) is 1. The molecule has 0 unspecified atom stereocenters. The van der Waals surface area contributed by atoms with Crippen molar-refractivity contribution in [2.24, 2.45) is 5.92 Å². The zero-order valence-corrected chi connectivity index (χ0v) is 7.24. The Balaban J connectivity index is 3.78. The van der Waals surface area contributed by atoms with Crippen LogP contribution in [0.2, 0.25) is 0 Å². The standard InChI is InChI=1S/C7H15NO3/c1-4-7(11-3)6(2)5-8(9)10/h6-7H,4-5H2,1-3H3/t6-,7+/m1/s1. The third-order valence-electron chi connectivity index (χ3n) is 1.78. The molecule has 0 amide bonds. The average Bonchev–Trinajstić information content (AvgIpc) is 1.88. The molecule has 0 N–H and O–H groups in total. The zero-order chi connectivity index (χ0) is 8.85. The van der Waals surface area contributed by atoms with Gasteiger partial charge in [-0.2, -0.15) is 0 Å². The predicted octanol–water partition coefficient (Wildman–Crippen LogP) is 1.32. The van der Waals surface area contributed by atoms with E-state index in [9.17, 15) is 10.1 Å². The smallest absolute Gasteiger partial charge is 0.208 e. The van der Waals surface area contributed by atoms with Gasteiger partial charge in [0.15, 0.2) is 0 Å². The van der Waals surface area contributed by atoms with Gasteiger partial charge >= 0.3 is 0 Å². The van der Waals surface area contributed by atoms with Crippen molar-refractivity contribution in [3.63, 3.8) is 0 Å². The maximum Gasteiger partial charge on any atom is 0.208 e. The summed E-state index contributed by atoms with van der Waals surface area (Å²) in [5, 5.41) is 10.1. The lowest BCUT2D eigenvalue weighted by Gasteiger charge is -2.17. The molecule has 0 saturated heterocycles. The maximum atomic E-state index is 10.1. The number of hydrogen-bond donors (Lipinski definition) is 0. The minimum Gasteiger partial charge on any atom is -0.381 e. The second-order valence-corrected chi connectivity index (χ2v) is 2.67.